The van der Waals surface area contributed by atoms with Crippen LogP contribution >= 0.6 is 0 Å². The Balaban J connectivity index is 2.30. The summed E-state index contributed by atoms with van der Waals surface area (Å²) in [6, 6.07) is 7.40. The molecule has 0 aliphatic carbocycles. The van der Waals surface area contributed by atoms with E-state index >= 15 is 0 Å². The third-order valence-corrected chi connectivity index (χ3v) is 3.15. The summed E-state index contributed by atoms with van der Waals surface area (Å²) in [6.07, 6.45) is -2.22. The molecule has 7 heteroatoms. The Morgan fingerprint density at radius 3 is 2.62 bits per heavy atom. The molecule has 0 bridgehead atoms. The minimum atomic E-state index is -4.60. The van der Waals surface area contributed by atoms with E-state index in [2.05, 4.69) is 10.1 Å². The molecule has 0 saturated carbocycles. The van der Waals surface area contributed by atoms with Gasteiger partial charge < -0.3 is 5.73 Å². The standard InChI is InChI=1S/C14H11F3N4/c1-8-3-2-4-9(5-8)10-6-20-21-12(14(15,16)17)11(18)7-19-13(10)21/h2-7H,18H2,1H3. The number of halogens is 3. The quantitative estimate of drug-likeness (QED) is 0.748. The molecule has 0 unspecified atom stereocenters. The third-order valence-electron chi connectivity index (χ3n) is 3.15. The lowest BCUT2D eigenvalue weighted by Crippen LogP contribution is -2.16. The lowest BCUT2D eigenvalue weighted by Gasteiger charge is -2.11. The van der Waals surface area contributed by atoms with E-state index in [-0.39, 0.29) is 5.65 Å². The lowest BCUT2D eigenvalue weighted by molar-refractivity contribution is -0.141. The highest BCUT2D eigenvalue weighted by Crippen LogP contribution is 2.35. The molecule has 4 nitrogen and oxygen atoms in total. The number of fused-ring (bicyclic) bond motifs is 1. The van der Waals surface area contributed by atoms with Gasteiger partial charge in [-0.3, -0.25) is 0 Å². The molecule has 3 rings (SSSR count). The van der Waals surface area contributed by atoms with Gasteiger partial charge in [-0.15, -0.1) is 0 Å². The van der Waals surface area contributed by atoms with Crippen LogP contribution in [-0.2, 0) is 6.18 Å². The first-order chi connectivity index (χ1) is 9.88. The number of aryl methyl sites for hydroxylation is 1. The van der Waals surface area contributed by atoms with Crippen molar-refractivity contribution in [3.63, 3.8) is 0 Å². The lowest BCUT2D eigenvalue weighted by atomic mass is 10.1. The van der Waals surface area contributed by atoms with Crippen LogP contribution in [0.2, 0.25) is 0 Å². The van der Waals surface area contributed by atoms with Crippen LogP contribution in [0.4, 0.5) is 18.9 Å². The predicted octanol–water partition coefficient (Wildman–Crippen LogP) is 3.31. The summed E-state index contributed by atoms with van der Waals surface area (Å²) in [5, 5.41) is 3.81. The van der Waals surface area contributed by atoms with Gasteiger partial charge in [0.05, 0.1) is 18.1 Å². The molecular weight excluding hydrogens is 281 g/mol. The molecule has 0 spiro atoms. The minimum absolute atomic E-state index is 0.127. The zero-order valence-electron chi connectivity index (χ0n) is 11.0. The smallest absolute Gasteiger partial charge is 0.396 e. The average molecular weight is 292 g/mol. The molecule has 0 fully saturated rings. The van der Waals surface area contributed by atoms with E-state index < -0.39 is 17.6 Å². The molecule has 0 aliphatic heterocycles. The number of alkyl halides is 3. The maximum atomic E-state index is 13.1. The van der Waals surface area contributed by atoms with E-state index in [9.17, 15) is 13.2 Å². The average Bonchev–Trinajstić information content (AvgIpc) is 2.80. The number of anilines is 1. The van der Waals surface area contributed by atoms with Crippen LogP contribution in [0.1, 0.15) is 11.3 Å². The largest absolute Gasteiger partial charge is 0.435 e. The predicted molar refractivity (Wildman–Crippen MR) is 72.6 cm³/mol. The molecule has 2 aromatic heterocycles. The number of aromatic nitrogens is 3. The summed E-state index contributed by atoms with van der Waals surface area (Å²) in [4.78, 5) is 4.00. The second-order valence-corrected chi connectivity index (χ2v) is 4.72. The Morgan fingerprint density at radius 2 is 1.95 bits per heavy atom. The molecule has 1 aromatic carbocycles. The first-order valence-electron chi connectivity index (χ1n) is 6.14. The highest BCUT2D eigenvalue weighted by atomic mass is 19.4. The fourth-order valence-corrected chi connectivity index (χ4v) is 2.24. The second kappa shape index (κ2) is 4.47. The fraction of sp³-hybridized carbons (Fsp3) is 0.143. The molecule has 21 heavy (non-hydrogen) atoms. The number of nitrogens with zero attached hydrogens (tertiary/aromatic N) is 3. The van der Waals surface area contributed by atoms with E-state index in [1.54, 1.807) is 6.07 Å². The van der Waals surface area contributed by atoms with E-state index in [1.165, 1.54) is 6.20 Å². The number of nitrogen functional groups attached to an aromatic ring is 1. The summed E-state index contributed by atoms with van der Waals surface area (Å²) < 4.78 is 40.0. The summed E-state index contributed by atoms with van der Waals surface area (Å²) in [5.74, 6) is 0. The van der Waals surface area contributed by atoms with Crippen molar-refractivity contribution in [1.29, 1.82) is 0 Å². The first kappa shape index (κ1) is 13.4. The van der Waals surface area contributed by atoms with Crippen molar-refractivity contribution in [3.05, 3.63) is 47.9 Å². The van der Waals surface area contributed by atoms with Crippen LogP contribution < -0.4 is 5.73 Å². The van der Waals surface area contributed by atoms with Crippen LogP contribution in [0.3, 0.4) is 0 Å². The number of benzene rings is 1. The number of hydrogen-bond donors (Lipinski definition) is 1. The van der Waals surface area contributed by atoms with Crippen molar-refractivity contribution in [1.82, 2.24) is 14.6 Å². The summed E-state index contributed by atoms with van der Waals surface area (Å²) in [6.45, 7) is 1.90. The van der Waals surface area contributed by atoms with E-state index in [0.717, 1.165) is 21.8 Å². The molecule has 0 aliphatic rings. The summed E-state index contributed by atoms with van der Waals surface area (Å²) >= 11 is 0. The van der Waals surface area contributed by atoms with Gasteiger partial charge in [0.1, 0.15) is 0 Å². The molecule has 2 N–H and O–H groups in total. The maximum absolute atomic E-state index is 13.1. The Kier molecular flexibility index (Phi) is 2.86. The third kappa shape index (κ3) is 2.20. The van der Waals surface area contributed by atoms with Gasteiger partial charge in [-0.05, 0) is 12.5 Å². The van der Waals surface area contributed by atoms with Crippen LogP contribution in [-0.4, -0.2) is 14.6 Å². The van der Waals surface area contributed by atoms with Gasteiger partial charge >= 0.3 is 6.18 Å². The van der Waals surface area contributed by atoms with Crippen LogP contribution in [0.5, 0.6) is 0 Å². The SMILES string of the molecule is Cc1cccc(-c2cnn3c(C(F)(F)F)c(N)cnc23)c1. The van der Waals surface area contributed by atoms with Crippen molar-refractivity contribution in [2.24, 2.45) is 0 Å². The Morgan fingerprint density at radius 1 is 1.19 bits per heavy atom. The van der Waals surface area contributed by atoms with E-state index in [0.29, 0.717) is 5.56 Å². The van der Waals surface area contributed by atoms with Crippen LogP contribution in [0.25, 0.3) is 16.8 Å². The zero-order valence-corrected chi connectivity index (χ0v) is 11.0. The normalized spacial score (nSPS) is 12.0. The van der Waals surface area contributed by atoms with Crippen LogP contribution in [0, 0.1) is 6.92 Å². The van der Waals surface area contributed by atoms with Crippen molar-refractivity contribution in [2.45, 2.75) is 13.1 Å². The highest BCUT2D eigenvalue weighted by Gasteiger charge is 2.37. The zero-order chi connectivity index (χ0) is 15.2. The van der Waals surface area contributed by atoms with Gasteiger partial charge in [-0.25, -0.2) is 9.50 Å². The second-order valence-electron chi connectivity index (χ2n) is 4.72. The van der Waals surface area contributed by atoms with Gasteiger partial charge in [0.15, 0.2) is 11.3 Å². The molecule has 0 atom stereocenters. The molecule has 0 radical (unpaired) electrons. The van der Waals surface area contributed by atoms with Gasteiger partial charge in [0, 0.05) is 5.56 Å². The molecular formula is C14H11F3N4. The topological polar surface area (TPSA) is 56.2 Å². The van der Waals surface area contributed by atoms with E-state index in [1.807, 2.05) is 25.1 Å². The molecule has 0 saturated heterocycles. The molecule has 2 heterocycles. The maximum Gasteiger partial charge on any atom is 0.435 e. The van der Waals surface area contributed by atoms with Crippen molar-refractivity contribution >= 4 is 11.3 Å². The highest BCUT2D eigenvalue weighted by molar-refractivity contribution is 5.78. The summed E-state index contributed by atoms with van der Waals surface area (Å²) in [7, 11) is 0. The fourth-order valence-electron chi connectivity index (χ4n) is 2.24. The first-order valence-corrected chi connectivity index (χ1v) is 6.14. The molecule has 3 aromatic rings. The van der Waals surface area contributed by atoms with Crippen molar-refractivity contribution in [2.75, 3.05) is 5.73 Å². The summed E-state index contributed by atoms with van der Waals surface area (Å²) in [5.41, 5.74) is 6.36. The van der Waals surface area contributed by atoms with Crippen LogP contribution in [0.15, 0.2) is 36.7 Å². The molecule has 108 valence electrons. The van der Waals surface area contributed by atoms with Gasteiger partial charge in [0.25, 0.3) is 0 Å². The van der Waals surface area contributed by atoms with Crippen molar-refractivity contribution < 1.29 is 13.2 Å². The minimum Gasteiger partial charge on any atom is -0.396 e. The Bertz CT molecular complexity index is 821. The molecule has 0 amide bonds. The number of rotatable bonds is 1. The van der Waals surface area contributed by atoms with Gasteiger partial charge in [0.2, 0.25) is 0 Å². The van der Waals surface area contributed by atoms with Crippen molar-refractivity contribution in [3.8, 4) is 11.1 Å². The van der Waals surface area contributed by atoms with E-state index in [4.69, 9.17) is 5.73 Å². The Labute approximate surface area is 118 Å². The van der Waals surface area contributed by atoms with Gasteiger partial charge in [-0.1, -0.05) is 29.8 Å². The number of nitrogens with two attached hydrogens (primary N) is 1. The Hall–Kier alpha value is -2.57. The van der Waals surface area contributed by atoms with Gasteiger partial charge in [-0.2, -0.15) is 18.3 Å². The monoisotopic (exact) mass is 292 g/mol. The number of hydrogen-bond acceptors (Lipinski definition) is 3.